The van der Waals surface area contributed by atoms with E-state index in [2.05, 4.69) is 10.2 Å². The lowest BCUT2D eigenvalue weighted by Crippen LogP contribution is -2.42. The molecule has 0 unspecified atom stereocenters. The SMILES string of the molecule is CC(C)(C)c1cc(C(=O)N2CCC[C@H](C(=O)O)C2)n[nH]1. The summed E-state index contributed by atoms with van der Waals surface area (Å²) in [7, 11) is 0. The van der Waals surface area contributed by atoms with Gasteiger partial charge in [-0.25, -0.2) is 0 Å². The largest absolute Gasteiger partial charge is 0.481 e. The number of H-pyrrole nitrogens is 1. The molecule has 1 aliphatic rings. The Morgan fingerprint density at radius 2 is 2.15 bits per heavy atom. The highest BCUT2D eigenvalue weighted by atomic mass is 16.4. The number of rotatable bonds is 2. The van der Waals surface area contributed by atoms with Gasteiger partial charge in [-0.2, -0.15) is 5.10 Å². The molecule has 20 heavy (non-hydrogen) atoms. The van der Waals surface area contributed by atoms with Gasteiger partial charge in [-0.1, -0.05) is 20.8 Å². The van der Waals surface area contributed by atoms with Crippen molar-refractivity contribution in [3.05, 3.63) is 17.5 Å². The second-order valence-corrected chi connectivity index (χ2v) is 6.35. The first-order valence-corrected chi connectivity index (χ1v) is 6.87. The number of likely N-dealkylation sites (tertiary alicyclic amines) is 1. The monoisotopic (exact) mass is 279 g/mol. The molecule has 2 heterocycles. The molecule has 0 saturated carbocycles. The minimum absolute atomic E-state index is 0.100. The molecular weight excluding hydrogens is 258 g/mol. The fourth-order valence-corrected chi connectivity index (χ4v) is 2.34. The normalized spacial score (nSPS) is 19.9. The van der Waals surface area contributed by atoms with Crippen LogP contribution in [0.2, 0.25) is 0 Å². The second kappa shape index (κ2) is 5.26. The van der Waals surface area contributed by atoms with Gasteiger partial charge >= 0.3 is 5.97 Å². The molecular formula is C14H21N3O3. The second-order valence-electron chi connectivity index (χ2n) is 6.35. The smallest absolute Gasteiger partial charge is 0.308 e. The first-order chi connectivity index (χ1) is 9.29. The Morgan fingerprint density at radius 3 is 2.70 bits per heavy atom. The van der Waals surface area contributed by atoms with Crippen molar-refractivity contribution in [1.82, 2.24) is 15.1 Å². The summed E-state index contributed by atoms with van der Waals surface area (Å²) in [5.74, 6) is -1.49. The van der Waals surface area contributed by atoms with E-state index in [9.17, 15) is 9.59 Å². The third-order valence-electron chi connectivity index (χ3n) is 3.66. The van der Waals surface area contributed by atoms with E-state index in [1.165, 1.54) is 0 Å². The van der Waals surface area contributed by atoms with Crippen LogP contribution < -0.4 is 0 Å². The average Bonchev–Trinajstić information content (AvgIpc) is 2.87. The molecule has 1 fully saturated rings. The lowest BCUT2D eigenvalue weighted by Gasteiger charge is -2.30. The van der Waals surface area contributed by atoms with Crippen LogP contribution in [0.1, 0.15) is 49.8 Å². The quantitative estimate of drug-likeness (QED) is 0.861. The number of hydrogen-bond acceptors (Lipinski definition) is 3. The molecule has 1 amide bonds. The molecule has 0 aliphatic carbocycles. The molecule has 6 heteroatoms. The van der Waals surface area contributed by atoms with Crippen LogP contribution in [0.3, 0.4) is 0 Å². The highest BCUT2D eigenvalue weighted by Gasteiger charge is 2.30. The number of nitrogens with zero attached hydrogens (tertiary/aromatic N) is 2. The van der Waals surface area contributed by atoms with Crippen LogP contribution in [0.15, 0.2) is 6.07 Å². The number of carbonyl (C=O) groups excluding carboxylic acids is 1. The number of carbonyl (C=O) groups is 2. The average molecular weight is 279 g/mol. The van der Waals surface area contributed by atoms with E-state index < -0.39 is 11.9 Å². The summed E-state index contributed by atoms with van der Waals surface area (Å²) in [5.41, 5.74) is 1.16. The number of aromatic nitrogens is 2. The Labute approximate surface area is 118 Å². The van der Waals surface area contributed by atoms with Crippen LogP contribution >= 0.6 is 0 Å². The summed E-state index contributed by atoms with van der Waals surface area (Å²) in [6.45, 7) is 6.98. The zero-order valence-corrected chi connectivity index (χ0v) is 12.1. The summed E-state index contributed by atoms with van der Waals surface area (Å²) >= 11 is 0. The summed E-state index contributed by atoms with van der Waals surface area (Å²) in [4.78, 5) is 25.0. The Bertz CT molecular complexity index is 516. The van der Waals surface area contributed by atoms with E-state index in [4.69, 9.17) is 5.11 Å². The fourth-order valence-electron chi connectivity index (χ4n) is 2.34. The summed E-state index contributed by atoms with van der Waals surface area (Å²) < 4.78 is 0. The number of nitrogens with one attached hydrogen (secondary N) is 1. The van der Waals surface area contributed by atoms with Gasteiger partial charge in [-0.05, 0) is 18.9 Å². The minimum Gasteiger partial charge on any atom is -0.481 e. The predicted molar refractivity (Wildman–Crippen MR) is 73.6 cm³/mol. The lowest BCUT2D eigenvalue weighted by atomic mass is 9.92. The molecule has 110 valence electrons. The Balaban J connectivity index is 2.11. The van der Waals surface area contributed by atoms with Crippen molar-refractivity contribution in [2.45, 2.75) is 39.0 Å². The molecule has 6 nitrogen and oxygen atoms in total. The van der Waals surface area contributed by atoms with Gasteiger partial charge in [-0.3, -0.25) is 14.7 Å². The zero-order chi connectivity index (χ0) is 14.9. The number of hydrogen-bond donors (Lipinski definition) is 2. The van der Waals surface area contributed by atoms with E-state index >= 15 is 0 Å². The van der Waals surface area contributed by atoms with Gasteiger partial charge < -0.3 is 10.0 Å². The van der Waals surface area contributed by atoms with Crippen molar-refractivity contribution < 1.29 is 14.7 Å². The third kappa shape index (κ3) is 3.00. The molecule has 2 N–H and O–H groups in total. The molecule has 2 rings (SSSR count). The van der Waals surface area contributed by atoms with E-state index in [0.717, 1.165) is 12.1 Å². The van der Waals surface area contributed by atoms with Gasteiger partial charge in [0.1, 0.15) is 5.69 Å². The lowest BCUT2D eigenvalue weighted by molar-refractivity contribution is -0.143. The number of amides is 1. The van der Waals surface area contributed by atoms with Crippen LogP contribution in [0, 0.1) is 5.92 Å². The molecule has 1 atom stereocenters. The maximum Gasteiger partial charge on any atom is 0.308 e. The van der Waals surface area contributed by atoms with Crippen LogP contribution in [0.5, 0.6) is 0 Å². The summed E-state index contributed by atoms with van der Waals surface area (Å²) in [6.07, 6.45) is 1.35. The standard InChI is InChI=1S/C14H21N3O3/c1-14(2,3)11-7-10(15-16-11)12(18)17-6-4-5-9(8-17)13(19)20/h7,9H,4-6,8H2,1-3H3,(H,15,16)(H,19,20)/t9-/m0/s1. The van der Waals surface area contributed by atoms with Gasteiger partial charge in [0.2, 0.25) is 0 Å². The van der Waals surface area contributed by atoms with E-state index in [-0.39, 0.29) is 17.9 Å². The molecule has 0 radical (unpaired) electrons. The number of aromatic amines is 1. The van der Waals surface area contributed by atoms with Crippen molar-refractivity contribution in [1.29, 1.82) is 0 Å². The van der Waals surface area contributed by atoms with Crippen LogP contribution in [0.4, 0.5) is 0 Å². The van der Waals surface area contributed by atoms with E-state index in [1.807, 2.05) is 20.8 Å². The number of carboxylic acids is 1. The molecule has 0 spiro atoms. The van der Waals surface area contributed by atoms with Gasteiger partial charge in [-0.15, -0.1) is 0 Å². The molecule has 1 saturated heterocycles. The van der Waals surface area contributed by atoms with Crippen molar-refractivity contribution in [2.24, 2.45) is 5.92 Å². The third-order valence-corrected chi connectivity index (χ3v) is 3.66. The molecule has 0 bridgehead atoms. The minimum atomic E-state index is -0.833. The Kier molecular flexibility index (Phi) is 3.83. The maximum absolute atomic E-state index is 12.4. The van der Waals surface area contributed by atoms with Crippen molar-refractivity contribution >= 4 is 11.9 Å². The highest BCUT2D eigenvalue weighted by molar-refractivity contribution is 5.92. The van der Waals surface area contributed by atoms with E-state index in [1.54, 1.807) is 11.0 Å². The predicted octanol–water partition coefficient (Wildman–Crippen LogP) is 1.64. The highest BCUT2D eigenvalue weighted by Crippen LogP contribution is 2.22. The molecule has 1 aliphatic heterocycles. The van der Waals surface area contributed by atoms with Crippen molar-refractivity contribution in [3.8, 4) is 0 Å². The zero-order valence-electron chi connectivity index (χ0n) is 12.1. The van der Waals surface area contributed by atoms with Gasteiger partial charge in [0, 0.05) is 24.2 Å². The number of carboxylic acid groups (broad SMARTS) is 1. The van der Waals surface area contributed by atoms with Crippen molar-refractivity contribution in [2.75, 3.05) is 13.1 Å². The molecule has 1 aromatic heterocycles. The summed E-state index contributed by atoms with van der Waals surface area (Å²) in [5, 5.41) is 16.0. The van der Waals surface area contributed by atoms with E-state index in [0.29, 0.717) is 18.7 Å². The van der Waals surface area contributed by atoms with Crippen LogP contribution in [-0.2, 0) is 10.2 Å². The Morgan fingerprint density at radius 1 is 1.45 bits per heavy atom. The maximum atomic E-state index is 12.4. The molecule has 1 aromatic rings. The topological polar surface area (TPSA) is 86.3 Å². The molecule has 0 aromatic carbocycles. The Hall–Kier alpha value is -1.85. The fraction of sp³-hybridized carbons (Fsp3) is 0.643. The van der Waals surface area contributed by atoms with Crippen LogP contribution in [-0.4, -0.2) is 45.2 Å². The van der Waals surface area contributed by atoms with Gasteiger partial charge in [0.25, 0.3) is 5.91 Å². The first-order valence-electron chi connectivity index (χ1n) is 6.87. The number of piperidine rings is 1. The van der Waals surface area contributed by atoms with Crippen molar-refractivity contribution in [3.63, 3.8) is 0 Å². The van der Waals surface area contributed by atoms with Gasteiger partial charge in [0.05, 0.1) is 5.92 Å². The van der Waals surface area contributed by atoms with Crippen LogP contribution in [0.25, 0.3) is 0 Å². The first kappa shape index (κ1) is 14.6. The van der Waals surface area contributed by atoms with Gasteiger partial charge in [0.15, 0.2) is 0 Å². The number of aliphatic carboxylic acids is 1. The summed E-state index contributed by atoms with van der Waals surface area (Å²) in [6, 6.07) is 1.76.